The number of carbonyl (C=O) groups excluding carboxylic acids is 1. The highest BCUT2D eigenvalue weighted by molar-refractivity contribution is 6.30. The molecule has 3 nitrogen and oxygen atoms in total. The lowest BCUT2D eigenvalue weighted by Gasteiger charge is -2.06. The number of aromatic nitrogens is 1. The zero-order chi connectivity index (χ0) is 16.2. The van der Waals surface area contributed by atoms with E-state index in [0.717, 1.165) is 5.56 Å². The fourth-order valence-corrected chi connectivity index (χ4v) is 2.18. The number of anilines is 1. The molecule has 23 heavy (non-hydrogen) atoms. The Labute approximate surface area is 137 Å². The van der Waals surface area contributed by atoms with E-state index in [1.54, 1.807) is 48.5 Å². The summed E-state index contributed by atoms with van der Waals surface area (Å²) in [7, 11) is 0. The van der Waals surface area contributed by atoms with Crippen molar-refractivity contribution in [1.29, 1.82) is 0 Å². The summed E-state index contributed by atoms with van der Waals surface area (Å²) in [5.41, 5.74) is 2.55. The number of carbonyl (C=O) groups is 1. The lowest BCUT2D eigenvalue weighted by atomic mass is 10.1. The van der Waals surface area contributed by atoms with Crippen LogP contribution in [0, 0.1) is 5.82 Å². The molecule has 0 radical (unpaired) electrons. The van der Waals surface area contributed by atoms with Crippen molar-refractivity contribution in [3.63, 3.8) is 0 Å². The molecule has 0 saturated carbocycles. The Morgan fingerprint density at radius 1 is 0.957 bits per heavy atom. The zero-order valence-corrected chi connectivity index (χ0v) is 12.7. The summed E-state index contributed by atoms with van der Waals surface area (Å²) in [5, 5.41) is 3.37. The Balaban J connectivity index is 1.74. The van der Waals surface area contributed by atoms with E-state index in [4.69, 9.17) is 11.6 Å². The molecule has 1 amide bonds. The Hall–Kier alpha value is -2.72. The standard InChI is InChI=1S/C18H12ClFN2O/c19-14-4-8-16(9-5-14)22-18(23)13-3-10-17(21-11-13)12-1-6-15(20)7-2-12/h1-11H,(H,22,23). The molecule has 3 rings (SSSR count). The zero-order valence-electron chi connectivity index (χ0n) is 12.0. The molecule has 0 saturated heterocycles. The summed E-state index contributed by atoms with van der Waals surface area (Å²) in [5.74, 6) is -0.557. The maximum atomic E-state index is 12.9. The summed E-state index contributed by atoms with van der Waals surface area (Å²) in [6, 6.07) is 16.3. The van der Waals surface area contributed by atoms with Crippen LogP contribution in [0.2, 0.25) is 5.02 Å². The minimum absolute atomic E-state index is 0.259. The van der Waals surface area contributed by atoms with Crippen molar-refractivity contribution >= 4 is 23.2 Å². The van der Waals surface area contributed by atoms with E-state index in [9.17, 15) is 9.18 Å². The van der Waals surface area contributed by atoms with E-state index in [2.05, 4.69) is 10.3 Å². The van der Waals surface area contributed by atoms with Crippen LogP contribution >= 0.6 is 11.6 Å². The fourth-order valence-electron chi connectivity index (χ4n) is 2.06. The predicted octanol–water partition coefficient (Wildman–Crippen LogP) is 4.79. The lowest BCUT2D eigenvalue weighted by molar-refractivity contribution is 0.102. The Kier molecular flexibility index (Phi) is 4.35. The Bertz CT molecular complexity index is 815. The average molecular weight is 327 g/mol. The molecule has 0 aliphatic rings. The van der Waals surface area contributed by atoms with E-state index >= 15 is 0 Å². The molecule has 1 heterocycles. The summed E-state index contributed by atoms with van der Waals surface area (Å²) >= 11 is 5.80. The van der Waals surface area contributed by atoms with Crippen molar-refractivity contribution < 1.29 is 9.18 Å². The van der Waals surface area contributed by atoms with Crippen LogP contribution in [0.25, 0.3) is 11.3 Å². The maximum absolute atomic E-state index is 12.9. The van der Waals surface area contributed by atoms with Crippen molar-refractivity contribution in [2.45, 2.75) is 0 Å². The van der Waals surface area contributed by atoms with Crippen LogP contribution in [0.4, 0.5) is 10.1 Å². The van der Waals surface area contributed by atoms with E-state index in [0.29, 0.717) is 22.0 Å². The van der Waals surface area contributed by atoms with Crippen LogP contribution in [-0.4, -0.2) is 10.9 Å². The molecule has 0 fully saturated rings. The molecular weight excluding hydrogens is 315 g/mol. The van der Waals surface area contributed by atoms with Gasteiger partial charge in [0.15, 0.2) is 0 Å². The highest BCUT2D eigenvalue weighted by atomic mass is 35.5. The van der Waals surface area contributed by atoms with Gasteiger partial charge in [-0.05, 0) is 60.7 Å². The molecule has 0 unspecified atom stereocenters. The number of nitrogens with one attached hydrogen (secondary N) is 1. The lowest BCUT2D eigenvalue weighted by Crippen LogP contribution is -2.12. The summed E-state index contributed by atoms with van der Waals surface area (Å²) in [6.45, 7) is 0. The predicted molar refractivity (Wildman–Crippen MR) is 89.0 cm³/mol. The van der Waals surface area contributed by atoms with Gasteiger partial charge in [-0.1, -0.05) is 11.6 Å². The SMILES string of the molecule is O=C(Nc1ccc(Cl)cc1)c1ccc(-c2ccc(F)cc2)nc1. The van der Waals surface area contributed by atoms with Crippen molar-refractivity contribution in [2.24, 2.45) is 0 Å². The topological polar surface area (TPSA) is 42.0 Å². The van der Waals surface area contributed by atoms with Crippen LogP contribution in [0.1, 0.15) is 10.4 Å². The van der Waals surface area contributed by atoms with Crippen LogP contribution in [-0.2, 0) is 0 Å². The summed E-state index contributed by atoms with van der Waals surface area (Å²) in [6.07, 6.45) is 1.49. The number of amides is 1. The number of hydrogen-bond donors (Lipinski definition) is 1. The average Bonchev–Trinajstić information content (AvgIpc) is 2.58. The van der Waals surface area contributed by atoms with Gasteiger partial charge in [0, 0.05) is 22.5 Å². The number of benzene rings is 2. The first-order valence-electron chi connectivity index (χ1n) is 6.91. The van der Waals surface area contributed by atoms with E-state index < -0.39 is 0 Å². The van der Waals surface area contributed by atoms with E-state index in [1.807, 2.05) is 0 Å². The van der Waals surface area contributed by atoms with Gasteiger partial charge >= 0.3 is 0 Å². The van der Waals surface area contributed by atoms with Gasteiger partial charge < -0.3 is 5.32 Å². The molecule has 0 bridgehead atoms. The molecule has 0 atom stereocenters. The maximum Gasteiger partial charge on any atom is 0.257 e. The molecule has 0 aliphatic carbocycles. The molecule has 114 valence electrons. The number of halogens is 2. The molecule has 0 aliphatic heterocycles. The minimum Gasteiger partial charge on any atom is -0.322 e. The van der Waals surface area contributed by atoms with Crippen molar-refractivity contribution in [2.75, 3.05) is 5.32 Å². The van der Waals surface area contributed by atoms with Gasteiger partial charge in [-0.3, -0.25) is 9.78 Å². The van der Waals surface area contributed by atoms with Crippen molar-refractivity contribution in [3.05, 3.63) is 83.3 Å². The molecule has 2 aromatic carbocycles. The summed E-state index contributed by atoms with van der Waals surface area (Å²) < 4.78 is 12.9. The third kappa shape index (κ3) is 3.73. The first-order chi connectivity index (χ1) is 11.1. The van der Waals surface area contributed by atoms with Gasteiger partial charge in [0.25, 0.3) is 5.91 Å². The van der Waals surface area contributed by atoms with Gasteiger partial charge in [-0.2, -0.15) is 0 Å². The van der Waals surface area contributed by atoms with Crippen LogP contribution in [0.5, 0.6) is 0 Å². The van der Waals surface area contributed by atoms with E-state index in [-0.39, 0.29) is 11.7 Å². The van der Waals surface area contributed by atoms with E-state index in [1.165, 1.54) is 18.3 Å². The molecule has 1 aromatic heterocycles. The fraction of sp³-hybridized carbons (Fsp3) is 0. The van der Waals surface area contributed by atoms with Crippen LogP contribution in [0.3, 0.4) is 0 Å². The molecular formula is C18H12ClFN2O. The number of pyridine rings is 1. The van der Waals surface area contributed by atoms with Gasteiger partial charge in [-0.25, -0.2) is 4.39 Å². The number of nitrogens with zero attached hydrogens (tertiary/aromatic N) is 1. The normalized spacial score (nSPS) is 10.3. The highest BCUT2D eigenvalue weighted by Gasteiger charge is 2.07. The van der Waals surface area contributed by atoms with Gasteiger partial charge in [0.1, 0.15) is 5.82 Å². The molecule has 0 spiro atoms. The first-order valence-corrected chi connectivity index (χ1v) is 7.28. The quantitative estimate of drug-likeness (QED) is 0.751. The Morgan fingerprint density at radius 3 is 2.26 bits per heavy atom. The number of rotatable bonds is 3. The third-order valence-corrected chi connectivity index (χ3v) is 3.52. The highest BCUT2D eigenvalue weighted by Crippen LogP contribution is 2.18. The first kappa shape index (κ1) is 15.2. The third-order valence-electron chi connectivity index (χ3n) is 3.27. The van der Waals surface area contributed by atoms with Gasteiger partial charge in [0.2, 0.25) is 0 Å². The smallest absolute Gasteiger partial charge is 0.257 e. The minimum atomic E-state index is -0.298. The van der Waals surface area contributed by atoms with Crippen molar-refractivity contribution in [1.82, 2.24) is 4.98 Å². The molecule has 1 N–H and O–H groups in total. The second-order valence-corrected chi connectivity index (χ2v) is 5.34. The second-order valence-electron chi connectivity index (χ2n) is 4.90. The van der Waals surface area contributed by atoms with Gasteiger partial charge in [-0.15, -0.1) is 0 Å². The number of hydrogen-bond acceptors (Lipinski definition) is 2. The van der Waals surface area contributed by atoms with Crippen LogP contribution in [0.15, 0.2) is 66.9 Å². The second kappa shape index (κ2) is 6.58. The van der Waals surface area contributed by atoms with Crippen molar-refractivity contribution in [3.8, 4) is 11.3 Å². The van der Waals surface area contributed by atoms with Gasteiger partial charge in [0.05, 0.1) is 11.3 Å². The Morgan fingerprint density at radius 2 is 1.65 bits per heavy atom. The summed E-state index contributed by atoms with van der Waals surface area (Å²) in [4.78, 5) is 16.4. The largest absolute Gasteiger partial charge is 0.322 e. The molecule has 5 heteroatoms. The van der Waals surface area contributed by atoms with Crippen LogP contribution < -0.4 is 5.32 Å². The monoisotopic (exact) mass is 326 g/mol. The molecule has 3 aromatic rings.